The maximum absolute atomic E-state index is 14.8. The molecule has 0 aromatic carbocycles. The summed E-state index contributed by atoms with van der Waals surface area (Å²) in [5.74, 6) is -2.13. The zero-order chi connectivity index (χ0) is 30.0. The van der Waals surface area contributed by atoms with Gasteiger partial charge in [-0.2, -0.15) is 10.4 Å². The summed E-state index contributed by atoms with van der Waals surface area (Å²) in [5, 5.41) is 24.0. The van der Waals surface area contributed by atoms with Crippen molar-refractivity contribution in [2.75, 3.05) is 24.6 Å². The lowest BCUT2D eigenvalue weighted by molar-refractivity contribution is 0.0696. The van der Waals surface area contributed by atoms with E-state index < -0.39 is 19.9 Å². The van der Waals surface area contributed by atoms with Crippen molar-refractivity contribution in [3.05, 3.63) is 53.6 Å². The zero-order valence-corrected chi connectivity index (χ0v) is 25.4. The van der Waals surface area contributed by atoms with Gasteiger partial charge in [0.05, 0.1) is 36.0 Å². The monoisotopic (exact) mass is 610 g/mol. The van der Waals surface area contributed by atoms with Gasteiger partial charge in [0, 0.05) is 57.0 Å². The van der Waals surface area contributed by atoms with Crippen molar-refractivity contribution < 1.29 is 19.0 Å². The largest absolute Gasteiger partial charge is 0.478 e. The van der Waals surface area contributed by atoms with Crippen LogP contribution in [0.4, 0.5) is 10.2 Å². The highest BCUT2D eigenvalue weighted by molar-refractivity contribution is 6.76. The SMILES string of the molecule is C[Si](C)(C)CCOCn1ccc2c(-c3cnn([C@@H](CC#N)[C@H]4CCN(c5nc(Cl)c(C(=O)O)cc5F)C4)c3)ncnc21. The van der Waals surface area contributed by atoms with Crippen LogP contribution in [0.2, 0.25) is 30.8 Å². The summed E-state index contributed by atoms with van der Waals surface area (Å²) < 4.78 is 24.4. The highest BCUT2D eigenvalue weighted by Crippen LogP contribution is 2.35. The summed E-state index contributed by atoms with van der Waals surface area (Å²) in [6.07, 6.45) is 7.95. The average molecular weight is 611 g/mol. The molecule has 14 heteroatoms. The van der Waals surface area contributed by atoms with Crippen LogP contribution in [0.1, 0.15) is 29.2 Å². The number of pyridine rings is 1. The molecule has 2 atom stereocenters. The minimum atomic E-state index is -1.34. The molecule has 1 N–H and O–H groups in total. The summed E-state index contributed by atoms with van der Waals surface area (Å²) in [6.45, 7) is 8.97. The Hall–Kier alpha value is -3.86. The van der Waals surface area contributed by atoms with E-state index in [9.17, 15) is 19.6 Å². The van der Waals surface area contributed by atoms with Gasteiger partial charge in [0.15, 0.2) is 11.6 Å². The number of hydrogen-bond acceptors (Lipinski definition) is 8. The van der Waals surface area contributed by atoms with Gasteiger partial charge in [-0.3, -0.25) is 4.68 Å². The number of halogens is 2. The number of anilines is 1. The summed E-state index contributed by atoms with van der Waals surface area (Å²) >= 11 is 6.01. The van der Waals surface area contributed by atoms with Gasteiger partial charge in [-0.15, -0.1) is 0 Å². The van der Waals surface area contributed by atoms with Crippen LogP contribution >= 0.6 is 11.6 Å². The minimum absolute atomic E-state index is 0.00159. The van der Waals surface area contributed by atoms with Crippen molar-refractivity contribution in [3.63, 3.8) is 0 Å². The molecule has 0 amide bonds. The number of nitriles is 1. The molecular formula is C28H32ClFN8O3Si. The third-order valence-electron chi connectivity index (χ3n) is 7.51. The quantitative estimate of drug-likeness (QED) is 0.133. The van der Waals surface area contributed by atoms with Crippen molar-refractivity contribution >= 4 is 42.5 Å². The number of carboxylic acids is 1. The summed E-state index contributed by atoms with van der Waals surface area (Å²) in [7, 11) is -1.18. The van der Waals surface area contributed by atoms with Crippen LogP contribution in [0, 0.1) is 23.1 Å². The number of carbonyl (C=O) groups is 1. The Balaban J connectivity index is 1.33. The lowest BCUT2D eigenvalue weighted by atomic mass is 9.96. The van der Waals surface area contributed by atoms with Gasteiger partial charge < -0.3 is 19.3 Å². The predicted octanol–water partition coefficient (Wildman–Crippen LogP) is 5.47. The average Bonchev–Trinajstić information content (AvgIpc) is 3.70. The Morgan fingerprint density at radius 1 is 1.36 bits per heavy atom. The fourth-order valence-corrected chi connectivity index (χ4v) is 6.19. The highest BCUT2D eigenvalue weighted by Gasteiger charge is 2.33. The molecule has 1 aliphatic heterocycles. The standard InChI is InChI=1S/C28H32ClFN8O3Si/c1-42(2,3)11-10-41-17-37-9-6-20-24(32-16-33-26(20)37)19-13-34-38(15-19)23(4-7-31)18-5-8-36(14-18)27-22(30)12-21(28(39)40)25(29)35-27/h6,9,12-13,15-16,18,23H,4-5,8,10-11,14,17H2,1-3H3,(H,39,40)/t18-,23-/m0/s1. The van der Waals surface area contributed by atoms with Crippen LogP contribution in [-0.2, 0) is 11.5 Å². The molecule has 0 aliphatic carbocycles. The number of ether oxygens (including phenoxy) is 1. The maximum Gasteiger partial charge on any atom is 0.338 e. The van der Waals surface area contributed by atoms with Crippen molar-refractivity contribution in [2.24, 2.45) is 5.92 Å². The van der Waals surface area contributed by atoms with Crippen molar-refractivity contribution in [1.82, 2.24) is 29.3 Å². The van der Waals surface area contributed by atoms with Gasteiger partial charge in [0.1, 0.15) is 23.9 Å². The maximum atomic E-state index is 14.8. The van der Waals surface area contributed by atoms with Crippen LogP contribution in [0.25, 0.3) is 22.3 Å². The van der Waals surface area contributed by atoms with Gasteiger partial charge in [-0.25, -0.2) is 24.1 Å². The molecule has 42 heavy (non-hydrogen) atoms. The third kappa shape index (κ3) is 6.30. The number of aromatic carboxylic acids is 1. The molecular weight excluding hydrogens is 579 g/mol. The van der Waals surface area contributed by atoms with E-state index in [1.807, 2.05) is 23.0 Å². The lowest BCUT2D eigenvalue weighted by Gasteiger charge is -2.23. The number of fused-ring (bicyclic) bond motifs is 1. The van der Waals surface area contributed by atoms with E-state index >= 15 is 0 Å². The van der Waals surface area contributed by atoms with Gasteiger partial charge in [0.25, 0.3) is 0 Å². The smallest absolute Gasteiger partial charge is 0.338 e. The molecule has 0 radical (unpaired) electrons. The van der Waals surface area contributed by atoms with Crippen LogP contribution in [-0.4, -0.2) is 68.1 Å². The third-order valence-corrected chi connectivity index (χ3v) is 9.50. The second-order valence-corrected chi connectivity index (χ2v) is 17.6. The topological polar surface area (TPSA) is 135 Å². The van der Waals surface area contributed by atoms with E-state index in [0.29, 0.717) is 32.8 Å². The molecule has 0 unspecified atom stereocenters. The first-order valence-electron chi connectivity index (χ1n) is 13.7. The number of carboxylic acid groups (broad SMARTS) is 1. The highest BCUT2D eigenvalue weighted by atomic mass is 35.5. The molecule has 1 fully saturated rings. The van der Waals surface area contributed by atoms with Crippen LogP contribution in [0.15, 0.2) is 37.1 Å². The second kappa shape index (κ2) is 12.2. The van der Waals surface area contributed by atoms with E-state index in [-0.39, 0.29) is 34.9 Å². The Morgan fingerprint density at radius 2 is 2.17 bits per heavy atom. The summed E-state index contributed by atoms with van der Waals surface area (Å²) in [6, 6.07) is 5.93. The zero-order valence-electron chi connectivity index (χ0n) is 23.7. The molecule has 4 aromatic heterocycles. The lowest BCUT2D eigenvalue weighted by Crippen LogP contribution is -2.26. The first-order valence-corrected chi connectivity index (χ1v) is 17.8. The molecule has 1 aliphatic rings. The molecule has 0 bridgehead atoms. The van der Waals surface area contributed by atoms with E-state index in [0.717, 1.165) is 34.4 Å². The summed E-state index contributed by atoms with van der Waals surface area (Å²) in [5.41, 5.74) is 1.91. The first kappa shape index (κ1) is 29.6. The fraction of sp³-hybridized carbons (Fsp3) is 0.429. The molecule has 4 aromatic rings. The Morgan fingerprint density at radius 3 is 2.90 bits per heavy atom. The molecule has 0 spiro atoms. The van der Waals surface area contributed by atoms with Crippen molar-refractivity contribution in [1.29, 1.82) is 5.26 Å². The van der Waals surface area contributed by atoms with Gasteiger partial charge >= 0.3 is 5.97 Å². The predicted molar refractivity (Wildman–Crippen MR) is 159 cm³/mol. The molecule has 11 nitrogen and oxygen atoms in total. The van der Waals surface area contributed by atoms with E-state index in [1.165, 1.54) is 6.33 Å². The second-order valence-electron chi connectivity index (χ2n) is 11.7. The molecule has 0 saturated carbocycles. The van der Waals surface area contributed by atoms with Gasteiger partial charge in [-0.05, 0) is 24.6 Å². The van der Waals surface area contributed by atoms with E-state index in [2.05, 4.69) is 45.8 Å². The Kier molecular flexibility index (Phi) is 8.58. The number of hydrogen-bond donors (Lipinski definition) is 1. The normalized spacial score (nSPS) is 16.2. The molecule has 5 rings (SSSR count). The van der Waals surface area contributed by atoms with Crippen molar-refractivity contribution in [2.45, 2.75) is 51.3 Å². The Labute approximate surface area is 248 Å². The molecule has 5 heterocycles. The first-order chi connectivity index (χ1) is 20.1. The molecule has 220 valence electrons. The van der Waals surface area contributed by atoms with Gasteiger partial charge in [-0.1, -0.05) is 31.2 Å². The number of nitrogens with zero attached hydrogens (tertiary/aromatic N) is 8. The minimum Gasteiger partial charge on any atom is -0.478 e. The summed E-state index contributed by atoms with van der Waals surface area (Å²) in [4.78, 5) is 26.0. The van der Waals surface area contributed by atoms with Gasteiger partial charge in [0.2, 0.25) is 0 Å². The van der Waals surface area contributed by atoms with E-state index in [1.54, 1.807) is 15.8 Å². The van der Waals surface area contributed by atoms with Crippen LogP contribution in [0.5, 0.6) is 0 Å². The number of aromatic nitrogens is 6. The fourth-order valence-electron chi connectivity index (χ4n) is 5.21. The Bertz CT molecular complexity index is 1650. The van der Waals surface area contributed by atoms with E-state index in [4.69, 9.17) is 16.3 Å². The number of rotatable bonds is 11. The van der Waals surface area contributed by atoms with Crippen molar-refractivity contribution in [3.8, 4) is 17.3 Å². The van der Waals surface area contributed by atoms with Crippen LogP contribution < -0.4 is 4.90 Å². The van der Waals surface area contributed by atoms with Crippen LogP contribution in [0.3, 0.4) is 0 Å². The molecule has 1 saturated heterocycles.